The summed E-state index contributed by atoms with van der Waals surface area (Å²) in [6, 6.07) is 8.12. The Morgan fingerprint density at radius 2 is 1.86 bits per heavy atom. The van der Waals surface area contributed by atoms with E-state index in [-0.39, 0.29) is 24.2 Å². The van der Waals surface area contributed by atoms with Gasteiger partial charge in [0, 0.05) is 38.2 Å². The quantitative estimate of drug-likeness (QED) is 0.807. The maximum absolute atomic E-state index is 11.6. The molecular formula is C16H24ClN3O2. The van der Waals surface area contributed by atoms with Crippen LogP contribution in [0.5, 0.6) is 0 Å². The van der Waals surface area contributed by atoms with Crippen LogP contribution in [0.25, 0.3) is 0 Å². The predicted molar refractivity (Wildman–Crippen MR) is 90.1 cm³/mol. The minimum atomic E-state index is 0. The van der Waals surface area contributed by atoms with Crippen LogP contribution in [0.1, 0.15) is 31.7 Å². The van der Waals surface area contributed by atoms with E-state index in [0.29, 0.717) is 25.6 Å². The van der Waals surface area contributed by atoms with Crippen LogP contribution in [-0.4, -0.2) is 36.3 Å². The number of nitrogens with one attached hydrogen (secondary N) is 2. The maximum Gasteiger partial charge on any atom is 0.225 e. The average Bonchev–Trinajstić information content (AvgIpc) is 3.28. The summed E-state index contributed by atoms with van der Waals surface area (Å²) >= 11 is 0. The lowest BCUT2D eigenvalue weighted by molar-refractivity contribution is -0.130. The van der Waals surface area contributed by atoms with Gasteiger partial charge in [-0.05, 0) is 37.6 Å². The van der Waals surface area contributed by atoms with Crippen molar-refractivity contribution in [3.8, 4) is 0 Å². The van der Waals surface area contributed by atoms with E-state index in [2.05, 4.69) is 10.6 Å². The van der Waals surface area contributed by atoms with E-state index in [1.807, 2.05) is 36.2 Å². The smallest absolute Gasteiger partial charge is 0.225 e. The number of carbonyl (C=O) groups is 2. The third kappa shape index (κ3) is 5.66. The third-order valence-corrected chi connectivity index (χ3v) is 3.58. The average molecular weight is 326 g/mol. The molecule has 1 fully saturated rings. The second-order valence-electron chi connectivity index (χ2n) is 5.48. The maximum atomic E-state index is 11.6. The largest absolute Gasteiger partial charge is 0.336 e. The summed E-state index contributed by atoms with van der Waals surface area (Å²) < 4.78 is 0. The molecule has 2 amide bonds. The highest BCUT2D eigenvalue weighted by Gasteiger charge is 2.30. The topological polar surface area (TPSA) is 61.4 Å². The summed E-state index contributed by atoms with van der Waals surface area (Å²) in [6.07, 6.45) is 2.68. The van der Waals surface area contributed by atoms with Gasteiger partial charge in [-0.15, -0.1) is 12.4 Å². The van der Waals surface area contributed by atoms with E-state index in [1.54, 1.807) is 6.92 Å². The first-order valence-corrected chi connectivity index (χ1v) is 7.40. The zero-order valence-electron chi connectivity index (χ0n) is 13.1. The van der Waals surface area contributed by atoms with E-state index in [9.17, 15) is 9.59 Å². The van der Waals surface area contributed by atoms with Crippen molar-refractivity contribution < 1.29 is 9.59 Å². The zero-order chi connectivity index (χ0) is 15.2. The molecule has 0 spiro atoms. The van der Waals surface area contributed by atoms with Crippen molar-refractivity contribution in [3.05, 3.63) is 29.8 Å². The summed E-state index contributed by atoms with van der Waals surface area (Å²) in [4.78, 5) is 25.1. The Hall–Kier alpha value is -1.59. The molecule has 1 aliphatic carbocycles. The summed E-state index contributed by atoms with van der Waals surface area (Å²) in [5, 5.41) is 5.80. The molecular weight excluding hydrogens is 302 g/mol. The van der Waals surface area contributed by atoms with Gasteiger partial charge in [-0.1, -0.05) is 12.1 Å². The summed E-state index contributed by atoms with van der Waals surface area (Å²) in [5.41, 5.74) is 1.88. The minimum Gasteiger partial charge on any atom is -0.336 e. The van der Waals surface area contributed by atoms with Crippen LogP contribution >= 0.6 is 12.4 Å². The SMILES string of the molecule is CNCCC(=O)Nc1ccc(CN(C(C)=O)C2CC2)cc1.Cl. The van der Waals surface area contributed by atoms with Crippen LogP contribution in [0.3, 0.4) is 0 Å². The van der Waals surface area contributed by atoms with E-state index in [4.69, 9.17) is 0 Å². The number of benzene rings is 1. The van der Waals surface area contributed by atoms with Crippen molar-refractivity contribution in [2.75, 3.05) is 18.9 Å². The Morgan fingerprint density at radius 3 is 2.36 bits per heavy atom. The molecule has 2 rings (SSSR count). The van der Waals surface area contributed by atoms with Crippen LogP contribution in [-0.2, 0) is 16.1 Å². The molecule has 1 saturated carbocycles. The van der Waals surface area contributed by atoms with E-state index < -0.39 is 0 Å². The number of anilines is 1. The highest BCUT2D eigenvalue weighted by Crippen LogP contribution is 2.28. The highest BCUT2D eigenvalue weighted by molar-refractivity contribution is 5.90. The number of rotatable bonds is 7. The first-order valence-electron chi connectivity index (χ1n) is 7.40. The molecule has 2 N–H and O–H groups in total. The molecule has 0 heterocycles. The Labute approximate surface area is 137 Å². The normalized spacial score (nSPS) is 13.2. The van der Waals surface area contributed by atoms with Crippen molar-refractivity contribution in [2.45, 2.75) is 38.8 Å². The van der Waals surface area contributed by atoms with Gasteiger partial charge < -0.3 is 15.5 Å². The molecule has 6 heteroatoms. The molecule has 0 aliphatic heterocycles. The van der Waals surface area contributed by atoms with Crippen LogP contribution < -0.4 is 10.6 Å². The number of halogens is 1. The first kappa shape index (κ1) is 18.5. The third-order valence-electron chi connectivity index (χ3n) is 3.58. The van der Waals surface area contributed by atoms with Gasteiger partial charge >= 0.3 is 0 Å². The number of hydrogen-bond donors (Lipinski definition) is 2. The Kier molecular flexibility index (Phi) is 7.35. The van der Waals surface area contributed by atoms with Gasteiger partial charge in [-0.2, -0.15) is 0 Å². The number of hydrogen-bond acceptors (Lipinski definition) is 3. The van der Waals surface area contributed by atoms with Gasteiger partial charge in [0.15, 0.2) is 0 Å². The number of amides is 2. The van der Waals surface area contributed by atoms with Crippen LogP contribution in [0, 0.1) is 0 Å². The van der Waals surface area contributed by atoms with Gasteiger partial charge in [0.1, 0.15) is 0 Å². The molecule has 0 saturated heterocycles. The molecule has 5 nitrogen and oxygen atoms in total. The van der Waals surface area contributed by atoms with E-state index in [0.717, 1.165) is 24.1 Å². The lowest BCUT2D eigenvalue weighted by Gasteiger charge is -2.20. The second kappa shape index (κ2) is 8.76. The number of nitrogens with zero attached hydrogens (tertiary/aromatic N) is 1. The molecule has 0 radical (unpaired) electrons. The summed E-state index contributed by atoms with van der Waals surface area (Å²) in [7, 11) is 1.82. The molecule has 0 unspecified atom stereocenters. The fourth-order valence-electron chi connectivity index (χ4n) is 2.24. The zero-order valence-corrected chi connectivity index (χ0v) is 13.9. The molecule has 1 aromatic rings. The molecule has 1 aliphatic rings. The lowest BCUT2D eigenvalue weighted by Crippen LogP contribution is -2.30. The fourth-order valence-corrected chi connectivity index (χ4v) is 2.24. The second-order valence-corrected chi connectivity index (χ2v) is 5.48. The molecule has 1 aromatic carbocycles. The van der Waals surface area contributed by atoms with Crippen molar-refractivity contribution in [3.63, 3.8) is 0 Å². The van der Waals surface area contributed by atoms with Gasteiger partial charge in [0.05, 0.1) is 0 Å². The van der Waals surface area contributed by atoms with E-state index in [1.165, 1.54) is 0 Å². The van der Waals surface area contributed by atoms with Crippen LogP contribution in [0.2, 0.25) is 0 Å². The van der Waals surface area contributed by atoms with Crippen molar-refractivity contribution in [1.82, 2.24) is 10.2 Å². The van der Waals surface area contributed by atoms with Gasteiger partial charge in [-0.3, -0.25) is 9.59 Å². The Bertz CT molecular complexity index is 501. The van der Waals surface area contributed by atoms with Crippen LogP contribution in [0.15, 0.2) is 24.3 Å². The standard InChI is InChI=1S/C16H23N3O2.ClH/c1-12(20)19(15-7-8-15)11-13-3-5-14(6-4-13)18-16(21)9-10-17-2;/h3-6,15,17H,7-11H2,1-2H3,(H,18,21);1H. The fraction of sp³-hybridized carbons (Fsp3) is 0.500. The predicted octanol–water partition coefficient (Wildman–Crippen LogP) is 2.17. The van der Waals surface area contributed by atoms with Gasteiger partial charge in [-0.25, -0.2) is 0 Å². The summed E-state index contributed by atoms with van der Waals surface area (Å²) in [5.74, 6) is 0.127. The highest BCUT2D eigenvalue weighted by atomic mass is 35.5. The molecule has 22 heavy (non-hydrogen) atoms. The molecule has 0 bridgehead atoms. The van der Waals surface area contributed by atoms with Gasteiger partial charge in [0.25, 0.3) is 0 Å². The monoisotopic (exact) mass is 325 g/mol. The van der Waals surface area contributed by atoms with E-state index >= 15 is 0 Å². The van der Waals surface area contributed by atoms with Crippen molar-refractivity contribution >= 4 is 29.9 Å². The minimum absolute atomic E-state index is 0. The Morgan fingerprint density at radius 1 is 1.23 bits per heavy atom. The molecule has 0 aromatic heterocycles. The van der Waals surface area contributed by atoms with Crippen molar-refractivity contribution in [1.29, 1.82) is 0 Å². The molecule has 122 valence electrons. The lowest BCUT2D eigenvalue weighted by atomic mass is 10.2. The Balaban J connectivity index is 0.00000242. The number of carbonyl (C=O) groups excluding carboxylic acids is 2. The van der Waals surface area contributed by atoms with Crippen molar-refractivity contribution in [2.24, 2.45) is 0 Å². The summed E-state index contributed by atoms with van der Waals surface area (Å²) in [6.45, 7) is 2.93. The van der Waals surface area contributed by atoms with Crippen LogP contribution in [0.4, 0.5) is 5.69 Å². The molecule has 0 atom stereocenters. The van der Waals surface area contributed by atoms with Gasteiger partial charge in [0.2, 0.25) is 11.8 Å². The first-order chi connectivity index (χ1) is 10.1.